The summed E-state index contributed by atoms with van der Waals surface area (Å²) in [5, 5.41) is 24.4. The molecular weight excluding hydrogens is 533 g/mol. The molecule has 2 heterocycles. The van der Waals surface area contributed by atoms with Gasteiger partial charge < -0.3 is 9.84 Å². The van der Waals surface area contributed by atoms with E-state index in [0.29, 0.717) is 46.6 Å². The van der Waals surface area contributed by atoms with E-state index in [1.807, 2.05) is 19.1 Å². The van der Waals surface area contributed by atoms with Crippen LogP contribution in [0.1, 0.15) is 86.7 Å². The van der Waals surface area contributed by atoms with Gasteiger partial charge in [-0.25, -0.2) is 8.91 Å². The van der Waals surface area contributed by atoms with Crippen molar-refractivity contribution in [1.82, 2.24) is 19.2 Å². The first-order valence-electron chi connectivity index (χ1n) is 15.0. The van der Waals surface area contributed by atoms with E-state index in [9.17, 15) is 15.2 Å². The first-order valence-corrected chi connectivity index (χ1v) is 15.0. The predicted octanol–water partition coefficient (Wildman–Crippen LogP) is 5.53. The van der Waals surface area contributed by atoms with Gasteiger partial charge in [-0.05, 0) is 80.2 Å². The van der Waals surface area contributed by atoms with Gasteiger partial charge in [0.25, 0.3) is 5.56 Å². The lowest BCUT2D eigenvalue weighted by molar-refractivity contribution is -0.120. The smallest absolute Gasteiger partial charge is 0.259 e. The number of benzene rings is 2. The highest BCUT2D eigenvalue weighted by atomic mass is 19.1. The Kier molecular flexibility index (Phi) is 7.93. The van der Waals surface area contributed by atoms with Gasteiger partial charge in [-0.1, -0.05) is 43.7 Å². The summed E-state index contributed by atoms with van der Waals surface area (Å²) in [6.45, 7) is 2.42. The lowest BCUT2D eigenvalue weighted by atomic mass is 9.81. The largest absolute Gasteiger partial charge is 0.387 e. The fraction of sp³-hybridized carbons (Fsp3) is 0.455. The van der Waals surface area contributed by atoms with Gasteiger partial charge in [0.05, 0.1) is 35.6 Å². The molecule has 42 heavy (non-hydrogen) atoms. The van der Waals surface area contributed by atoms with E-state index in [2.05, 4.69) is 16.2 Å². The maximum absolute atomic E-state index is 15.6. The van der Waals surface area contributed by atoms with Crippen LogP contribution in [0.25, 0.3) is 16.9 Å². The highest BCUT2D eigenvalue weighted by Gasteiger charge is 2.36. The number of aromatic nitrogens is 4. The molecule has 2 saturated carbocycles. The van der Waals surface area contributed by atoms with Crippen LogP contribution in [0.3, 0.4) is 0 Å². The van der Waals surface area contributed by atoms with Crippen molar-refractivity contribution in [1.29, 1.82) is 5.26 Å². The van der Waals surface area contributed by atoms with Gasteiger partial charge in [-0.2, -0.15) is 15.3 Å². The molecule has 0 aliphatic heterocycles. The van der Waals surface area contributed by atoms with Crippen LogP contribution in [-0.2, 0) is 17.6 Å². The van der Waals surface area contributed by atoms with Crippen molar-refractivity contribution >= 4 is 5.78 Å². The zero-order chi connectivity index (χ0) is 29.3. The number of hydrogen-bond acceptors (Lipinski definition) is 6. The lowest BCUT2D eigenvalue weighted by Crippen LogP contribution is -2.43. The molecule has 8 nitrogen and oxygen atoms in total. The summed E-state index contributed by atoms with van der Waals surface area (Å²) in [5.41, 5.74) is 2.66. The van der Waals surface area contributed by atoms with E-state index in [1.54, 1.807) is 33.3 Å². The van der Waals surface area contributed by atoms with Crippen LogP contribution in [0.15, 0.2) is 53.6 Å². The van der Waals surface area contributed by atoms with E-state index < -0.39 is 11.4 Å². The number of rotatable bonds is 9. The highest BCUT2D eigenvalue weighted by Crippen LogP contribution is 2.35. The summed E-state index contributed by atoms with van der Waals surface area (Å²) in [4.78, 5) is 18.7. The van der Waals surface area contributed by atoms with Crippen LogP contribution in [0.4, 0.5) is 4.39 Å². The van der Waals surface area contributed by atoms with E-state index >= 15 is 4.39 Å². The van der Waals surface area contributed by atoms with E-state index in [-0.39, 0.29) is 24.1 Å². The number of halogens is 1. The Morgan fingerprint density at radius 2 is 1.95 bits per heavy atom. The SMILES string of the molecule is CCCc1c(Cc2ccc(-c3ccccc3C#N)cc2F)c(=O)n([C@H]2CC[C@H](OCC3(O)CCC3)CC2)c2ncnn12. The van der Waals surface area contributed by atoms with Crippen molar-refractivity contribution in [2.75, 3.05) is 6.61 Å². The van der Waals surface area contributed by atoms with Crippen LogP contribution in [0, 0.1) is 17.1 Å². The fourth-order valence-electron chi connectivity index (χ4n) is 6.43. The minimum Gasteiger partial charge on any atom is -0.387 e. The third-order valence-corrected chi connectivity index (χ3v) is 8.97. The van der Waals surface area contributed by atoms with Crippen LogP contribution in [-0.4, -0.2) is 42.6 Å². The summed E-state index contributed by atoms with van der Waals surface area (Å²) in [7, 11) is 0. The van der Waals surface area contributed by atoms with Crippen molar-refractivity contribution in [3.63, 3.8) is 0 Å². The Bertz CT molecular complexity index is 1690. The quantitative estimate of drug-likeness (QED) is 0.284. The highest BCUT2D eigenvalue weighted by molar-refractivity contribution is 5.70. The average Bonchev–Trinajstić information content (AvgIpc) is 3.47. The minimum absolute atomic E-state index is 0.0630. The zero-order valence-electron chi connectivity index (χ0n) is 23.9. The Balaban J connectivity index is 1.30. The Morgan fingerprint density at radius 3 is 2.64 bits per heavy atom. The molecule has 0 bridgehead atoms. The topological polar surface area (TPSA) is 105 Å². The summed E-state index contributed by atoms with van der Waals surface area (Å²) in [5.74, 6) is 0.0994. The van der Waals surface area contributed by atoms with Gasteiger partial charge in [0.2, 0.25) is 5.78 Å². The monoisotopic (exact) mass is 569 g/mol. The Labute approximate surface area is 244 Å². The molecule has 2 fully saturated rings. The molecule has 2 aromatic heterocycles. The Hall–Kier alpha value is -3.87. The van der Waals surface area contributed by atoms with Crippen LogP contribution in [0.5, 0.6) is 0 Å². The molecule has 9 heteroatoms. The maximum atomic E-state index is 15.6. The second-order valence-electron chi connectivity index (χ2n) is 11.8. The molecule has 4 aromatic rings. The molecule has 0 unspecified atom stereocenters. The second-order valence-corrected chi connectivity index (χ2v) is 11.8. The summed E-state index contributed by atoms with van der Waals surface area (Å²) in [6.07, 6.45) is 8.81. The molecule has 218 valence electrons. The molecule has 0 saturated heterocycles. The van der Waals surface area contributed by atoms with Gasteiger partial charge >= 0.3 is 0 Å². The first-order chi connectivity index (χ1) is 20.4. The van der Waals surface area contributed by atoms with E-state index in [4.69, 9.17) is 4.74 Å². The number of ether oxygens (including phenoxy) is 1. The van der Waals surface area contributed by atoms with Gasteiger partial charge in [-0.15, -0.1) is 0 Å². The molecule has 2 aliphatic carbocycles. The zero-order valence-corrected chi connectivity index (χ0v) is 23.9. The molecule has 6 rings (SSSR count). The number of hydrogen-bond donors (Lipinski definition) is 1. The van der Waals surface area contributed by atoms with Gasteiger partial charge in [0.1, 0.15) is 12.1 Å². The molecule has 1 N–H and O–H groups in total. The third kappa shape index (κ3) is 5.37. The van der Waals surface area contributed by atoms with Gasteiger partial charge in [-0.3, -0.25) is 9.36 Å². The second kappa shape index (κ2) is 11.8. The van der Waals surface area contributed by atoms with Gasteiger partial charge in [0.15, 0.2) is 0 Å². The van der Waals surface area contributed by atoms with Crippen LogP contribution < -0.4 is 5.56 Å². The lowest BCUT2D eigenvalue weighted by Gasteiger charge is -2.38. The van der Waals surface area contributed by atoms with Crippen LogP contribution in [0.2, 0.25) is 0 Å². The Morgan fingerprint density at radius 1 is 1.17 bits per heavy atom. The fourth-order valence-corrected chi connectivity index (χ4v) is 6.43. The molecule has 2 aromatic carbocycles. The summed E-state index contributed by atoms with van der Waals surface area (Å²) in [6, 6.07) is 14.2. The predicted molar refractivity (Wildman–Crippen MR) is 157 cm³/mol. The molecule has 0 radical (unpaired) electrons. The number of fused-ring (bicyclic) bond motifs is 1. The van der Waals surface area contributed by atoms with Crippen LogP contribution >= 0.6 is 0 Å². The van der Waals surface area contributed by atoms with Crippen molar-refractivity contribution in [3.05, 3.63) is 87.3 Å². The first kappa shape index (κ1) is 28.3. The summed E-state index contributed by atoms with van der Waals surface area (Å²) >= 11 is 0. The van der Waals surface area contributed by atoms with Gasteiger partial charge in [0, 0.05) is 18.0 Å². The number of aryl methyl sites for hydroxylation is 1. The van der Waals surface area contributed by atoms with E-state index in [1.165, 1.54) is 12.4 Å². The average molecular weight is 570 g/mol. The standard InChI is InChI=1S/C33H36FN5O3/c1-2-6-30-28(17-23-10-9-22(18-29(23)34)27-8-4-3-7-24(27)19-35)31(40)38(32-36-21-37-39(30)32)25-11-13-26(14-12-25)42-20-33(41)15-5-16-33/h3-4,7-10,18,21,25-26,41H,2,5-6,11-17,20H2,1H3/t25-,26-. The number of nitrogens with zero attached hydrogens (tertiary/aromatic N) is 5. The molecular formula is C33H36FN5O3. The maximum Gasteiger partial charge on any atom is 0.259 e. The number of aliphatic hydroxyl groups is 1. The van der Waals surface area contributed by atoms with Crippen molar-refractivity contribution < 1.29 is 14.2 Å². The molecule has 2 aliphatic rings. The van der Waals surface area contributed by atoms with Crippen molar-refractivity contribution in [3.8, 4) is 17.2 Å². The van der Waals surface area contributed by atoms with Crippen molar-refractivity contribution in [2.24, 2.45) is 0 Å². The minimum atomic E-state index is -0.669. The molecule has 0 spiro atoms. The molecule has 0 amide bonds. The molecule has 0 atom stereocenters. The van der Waals surface area contributed by atoms with Crippen molar-refractivity contribution in [2.45, 2.75) is 88.9 Å². The van der Waals surface area contributed by atoms with E-state index in [0.717, 1.165) is 57.1 Å². The number of nitriles is 1. The summed E-state index contributed by atoms with van der Waals surface area (Å²) < 4.78 is 25.2. The third-order valence-electron chi connectivity index (χ3n) is 8.97. The normalized spacial score (nSPS) is 19.9.